The maximum atomic E-state index is 4.60. The van der Waals surface area contributed by atoms with Crippen molar-refractivity contribution in [2.45, 2.75) is 45.6 Å². The Bertz CT molecular complexity index is 586. The average Bonchev–Trinajstić information content (AvgIpc) is 2.78. The molecule has 1 aromatic carbocycles. The number of imidazole rings is 1. The average molecular weight is 269 g/mol. The maximum Gasteiger partial charge on any atom is 0.203 e. The Morgan fingerprint density at radius 1 is 1.35 bits per heavy atom. The van der Waals surface area contributed by atoms with E-state index in [0.717, 1.165) is 24.7 Å². The number of benzene rings is 1. The Morgan fingerprint density at radius 2 is 2.20 bits per heavy atom. The summed E-state index contributed by atoms with van der Waals surface area (Å²) in [6.45, 7) is 6.33. The molecule has 0 spiro atoms. The highest BCUT2D eigenvalue weighted by molar-refractivity contribution is 5.42. The minimum Gasteiger partial charge on any atom is -0.355 e. The second-order valence-corrected chi connectivity index (χ2v) is 5.73. The van der Waals surface area contributed by atoms with Crippen molar-refractivity contribution >= 4 is 5.95 Å². The Balaban J connectivity index is 1.62. The van der Waals surface area contributed by atoms with Crippen LogP contribution >= 0.6 is 0 Å². The molecule has 1 heterocycles. The van der Waals surface area contributed by atoms with Crippen molar-refractivity contribution in [2.24, 2.45) is 0 Å². The molecule has 2 aromatic rings. The van der Waals surface area contributed by atoms with Crippen molar-refractivity contribution < 1.29 is 0 Å². The summed E-state index contributed by atoms with van der Waals surface area (Å²) in [5.41, 5.74) is 4.10. The summed E-state index contributed by atoms with van der Waals surface area (Å²) in [6.07, 6.45) is 5.76. The molecule has 3 nitrogen and oxygen atoms in total. The van der Waals surface area contributed by atoms with Gasteiger partial charge in [-0.25, -0.2) is 4.98 Å². The zero-order valence-corrected chi connectivity index (χ0v) is 12.4. The molecule has 106 valence electrons. The van der Waals surface area contributed by atoms with Gasteiger partial charge in [0.15, 0.2) is 0 Å². The van der Waals surface area contributed by atoms with Crippen molar-refractivity contribution in [3.05, 3.63) is 47.3 Å². The van der Waals surface area contributed by atoms with Crippen LogP contribution in [0.2, 0.25) is 0 Å². The van der Waals surface area contributed by atoms with Crippen molar-refractivity contribution in [1.29, 1.82) is 0 Å². The molecule has 1 unspecified atom stereocenters. The van der Waals surface area contributed by atoms with Crippen LogP contribution in [0, 0.1) is 6.92 Å². The fraction of sp³-hybridized carbons (Fsp3) is 0.471. The van der Waals surface area contributed by atoms with Gasteiger partial charge in [0, 0.05) is 25.2 Å². The van der Waals surface area contributed by atoms with E-state index in [4.69, 9.17) is 0 Å². The van der Waals surface area contributed by atoms with Crippen LogP contribution in [-0.4, -0.2) is 16.1 Å². The second kappa shape index (κ2) is 5.70. The summed E-state index contributed by atoms with van der Waals surface area (Å²) in [7, 11) is 0. The lowest BCUT2D eigenvalue weighted by Gasteiger charge is -2.30. The fourth-order valence-electron chi connectivity index (χ4n) is 2.95. The van der Waals surface area contributed by atoms with Crippen LogP contribution in [-0.2, 0) is 13.0 Å². The molecular weight excluding hydrogens is 246 g/mol. The maximum absolute atomic E-state index is 4.60. The summed E-state index contributed by atoms with van der Waals surface area (Å²) in [5.74, 6) is 1.67. The normalized spacial score (nSPS) is 16.6. The summed E-state index contributed by atoms with van der Waals surface area (Å²) in [5, 5.41) is 3.54. The van der Waals surface area contributed by atoms with E-state index in [2.05, 4.69) is 59.2 Å². The van der Waals surface area contributed by atoms with Gasteiger partial charge in [0.05, 0.1) is 5.69 Å². The third-order valence-electron chi connectivity index (χ3n) is 4.12. The van der Waals surface area contributed by atoms with E-state index in [1.807, 2.05) is 0 Å². The van der Waals surface area contributed by atoms with Crippen LogP contribution in [0.15, 0.2) is 30.5 Å². The molecule has 1 atom stereocenters. The second-order valence-electron chi connectivity index (χ2n) is 5.73. The molecule has 3 rings (SSSR count). The molecule has 1 N–H and O–H groups in total. The number of anilines is 1. The Kier molecular flexibility index (Phi) is 3.77. The Morgan fingerprint density at radius 3 is 3.00 bits per heavy atom. The van der Waals surface area contributed by atoms with Crippen LogP contribution in [0.4, 0.5) is 5.95 Å². The van der Waals surface area contributed by atoms with Crippen molar-refractivity contribution in [2.75, 3.05) is 11.9 Å². The van der Waals surface area contributed by atoms with E-state index in [-0.39, 0.29) is 0 Å². The first kappa shape index (κ1) is 13.2. The Hall–Kier alpha value is -1.77. The number of hydrogen-bond acceptors (Lipinski definition) is 2. The third-order valence-corrected chi connectivity index (χ3v) is 4.12. The van der Waals surface area contributed by atoms with E-state index in [9.17, 15) is 0 Å². The molecule has 1 aliphatic rings. The quantitative estimate of drug-likeness (QED) is 0.865. The van der Waals surface area contributed by atoms with Gasteiger partial charge in [-0.2, -0.15) is 0 Å². The number of fused-ring (bicyclic) bond motifs is 1. The van der Waals surface area contributed by atoms with Crippen molar-refractivity contribution in [3.63, 3.8) is 0 Å². The van der Waals surface area contributed by atoms with Crippen molar-refractivity contribution in [3.8, 4) is 0 Å². The molecule has 0 saturated carbocycles. The predicted molar refractivity (Wildman–Crippen MR) is 83.2 cm³/mol. The first-order valence-corrected chi connectivity index (χ1v) is 7.63. The number of nitrogens with one attached hydrogen (secondary N) is 1. The van der Waals surface area contributed by atoms with Crippen LogP contribution in [0.1, 0.15) is 42.5 Å². The first-order valence-electron chi connectivity index (χ1n) is 7.63. The molecular formula is C17H23N3. The summed E-state index contributed by atoms with van der Waals surface area (Å²) >= 11 is 0. The van der Waals surface area contributed by atoms with Gasteiger partial charge in [0.2, 0.25) is 5.95 Å². The molecule has 3 heteroatoms. The van der Waals surface area contributed by atoms with E-state index >= 15 is 0 Å². The lowest BCUT2D eigenvalue weighted by atomic mass is 9.78. The molecule has 0 aliphatic heterocycles. The minimum absolute atomic E-state index is 0.642. The monoisotopic (exact) mass is 269 g/mol. The standard InChI is InChI=1S/C17H23N3/c1-3-4-9-20-12-13(2)19-17(20)18-11-15-10-14-7-5-6-8-16(14)15/h5-8,12,15H,3-4,9-11H2,1-2H3,(H,18,19). The smallest absolute Gasteiger partial charge is 0.203 e. The van der Waals surface area contributed by atoms with E-state index in [0.29, 0.717) is 5.92 Å². The summed E-state index contributed by atoms with van der Waals surface area (Å²) < 4.78 is 2.25. The lowest BCUT2D eigenvalue weighted by molar-refractivity contribution is 0.612. The highest BCUT2D eigenvalue weighted by Gasteiger charge is 2.25. The van der Waals surface area contributed by atoms with E-state index in [1.54, 1.807) is 0 Å². The lowest BCUT2D eigenvalue weighted by Crippen LogP contribution is -2.25. The number of aromatic nitrogens is 2. The largest absolute Gasteiger partial charge is 0.355 e. The molecule has 0 saturated heterocycles. The topological polar surface area (TPSA) is 29.9 Å². The third kappa shape index (κ3) is 2.58. The van der Waals surface area contributed by atoms with Crippen LogP contribution < -0.4 is 5.32 Å². The van der Waals surface area contributed by atoms with E-state index in [1.165, 1.54) is 30.4 Å². The molecule has 1 aromatic heterocycles. The molecule has 0 amide bonds. The van der Waals surface area contributed by atoms with Crippen LogP contribution in [0.25, 0.3) is 0 Å². The van der Waals surface area contributed by atoms with Gasteiger partial charge >= 0.3 is 0 Å². The van der Waals surface area contributed by atoms with Gasteiger partial charge in [0.25, 0.3) is 0 Å². The zero-order valence-electron chi connectivity index (χ0n) is 12.4. The van der Waals surface area contributed by atoms with Gasteiger partial charge in [-0.15, -0.1) is 0 Å². The molecule has 0 fully saturated rings. The van der Waals surface area contributed by atoms with Gasteiger partial charge in [0.1, 0.15) is 0 Å². The number of nitrogens with zero attached hydrogens (tertiary/aromatic N) is 2. The number of rotatable bonds is 6. The highest BCUT2D eigenvalue weighted by atomic mass is 15.2. The summed E-state index contributed by atoms with van der Waals surface area (Å²) in [6, 6.07) is 8.75. The minimum atomic E-state index is 0.642. The van der Waals surface area contributed by atoms with Gasteiger partial charge in [-0.1, -0.05) is 37.6 Å². The van der Waals surface area contributed by atoms with Gasteiger partial charge in [-0.3, -0.25) is 0 Å². The van der Waals surface area contributed by atoms with Crippen LogP contribution in [0.3, 0.4) is 0 Å². The molecule has 1 aliphatic carbocycles. The van der Waals surface area contributed by atoms with Crippen molar-refractivity contribution in [1.82, 2.24) is 9.55 Å². The summed E-state index contributed by atoms with van der Waals surface area (Å²) in [4.78, 5) is 4.60. The molecule has 0 radical (unpaired) electrons. The zero-order chi connectivity index (χ0) is 13.9. The number of unbranched alkanes of at least 4 members (excludes halogenated alkanes) is 1. The highest BCUT2D eigenvalue weighted by Crippen LogP contribution is 2.34. The van der Waals surface area contributed by atoms with Gasteiger partial charge in [-0.05, 0) is 30.9 Å². The number of hydrogen-bond donors (Lipinski definition) is 1. The fourth-order valence-corrected chi connectivity index (χ4v) is 2.95. The Labute approximate surface area is 121 Å². The molecule has 0 bridgehead atoms. The first-order chi connectivity index (χ1) is 9.78. The number of aryl methyl sites for hydroxylation is 2. The predicted octanol–water partition coefficient (Wildman–Crippen LogP) is 3.74. The van der Waals surface area contributed by atoms with Crippen LogP contribution in [0.5, 0.6) is 0 Å². The van der Waals surface area contributed by atoms with Gasteiger partial charge < -0.3 is 9.88 Å². The molecule has 20 heavy (non-hydrogen) atoms. The SMILES string of the molecule is CCCCn1cc(C)nc1NCC1Cc2ccccc21. The van der Waals surface area contributed by atoms with E-state index < -0.39 is 0 Å².